The van der Waals surface area contributed by atoms with Crippen LogP contribution in [0.4, 0.5) is 0 Å². The van der Waals surface area contributed by atoms with E-state index in [0.717, 1.165) is 13.2 Å². The second kappa shape index (κ2) is 3.35. The van der Waals surface area contributed by atoms with Gasteiger partial charge in [-0.05, 0) is 50.5 Å². The molecule has 1 atom stereocenters. The molecule has 0 radical (unpaired) electrons. The molecule has 2 N–H and O–H groups in total. The molecule has 2 rings (SSSR count). The van der Waals surface area contributed by atoms with E-state index in [9.17, 15) is 0 Å². The van der Waals surface area contributed by atoms with Crippen molar-refractivity contribution in [1.82, 2.24) is 0 Å². The maximum Gasteiger partial charge on any atom is 0.0576 e. The van der Waals surface area contributed by atoms with E-state index in [1.807, 2.05) is 0 Å². The molecule has 1 unspecified atom stereocenters. The van der Waals surface area contributed by atoms with E-state index in [1.165, 1.54) is 38.5 Å². The Labute approximate surface area is 74.5 Å². The third-order valence-electron chi connectivity index (χ3n) is 3.41. The van der Waals surface area contributed by atoms with Gasteiger partial charge in [0.2, 0.25) is 0 Å². The summed E-state index contributed by atoms with van der Waals surface area (Å²) >= 11 is 0. The minimum Gasteiger partial charge on any atom is -0.378 e. The van der Waals surface area contributed by atoms with Gasteiger partial charge in [-0.1, -0.05) is 0 Å². The molecule has 1 heterocycles. The van der Waals surface area contributed by atoms with Crippen molar-refractivity contribution < 1.29 is 4.74 Å². The lowest BCUT2D eigenvalue weighted by Crippen LogP contribution is -2.17. The van der Waals surface area contributed by atoms with Gasteiger partial charge in [0, 0.05) is 6.61 Å². The van der Waals surface area contributed by atoms with Crippen LogP contribution < -0.4 is 5.73 Å². The standard InChI is InChI=1S/C10H19NO/c11-8-10(5-6-10)4-3-9-2-1-7-12-9/h9H,1-8,11H2. The monoisotopic (exact) mass is 169 g/mol. The first-order valence-electron chi connectivity index (χ1n) is 5.16. The highest BCUT2D eigenvalue weighted by atomic mass is 16.5. The van der Waals surface area contributed by atoms with Gasteiger partial charge >= 0.3 is 0 Å². The molecule has 0 aromatic carbocycles. The zero-order valence-corrected chi connectivity index (χ0v) is 7.72. The van der Waals surface area contributed by atoms with Crippen LogP contribution in [0.5, 0.6) is 0 Å². The Kier molecular flexibility index (Phi) is 2.37. The number of hydrogen-bond donors (Lipinski definition) is 1. The van der Waals surface area contributed by atoms with Crippen LogP contribution in [-0.4, -0.2) is 19.3 Å². The molecule has 1 aliphatic carbocycles. The summed E-state index contributed by atoms with van der Waals surface area (Å²) < 4.78 is 5.58. The molecule has 1 saturated heterocycles. The second-order valence-corrected chi connectivity index (χ2v) is 4.38. The number of nitrogens with two attached hydrogens (primary N) is 1. The maximum atomic E-state index is 5.71. The average molecular weight is 169 g/mol. The maximum absolute atomic E-state index is 5.71. The summed E-state index contributed by atoms with van der Waals surface area (Å²) in [5.41, 5.74) is 6.26. The van der Waals surface area contributed by atoms with Gasteiger partial charge in [-0.15, -0.1) is 0 Å². The molecule has 0 aromatic heterocycles. The summed E-state index contributed by atoms with van der Waals surface area (Å²) in [5, 5.41) is 0. The Morgan fingerprint density at radius 1 is 1.42 bits per heavy atom. The van der Waals surface area contributed by atoms with Crippen molar-refractivity contribution in [2.75, 3.05) is 13.2 Å². The van der Waals surface area contributed by atoms with Crippen LogP contribution in [-0.2, 0) is 4.74 Å². The predicted molar refractivity (Wildman–Crippen MR) is 48.9 cm³/mol. The molecule has 0 bridgehead atoms. The summed E-state index contributed by atoms with van der Waals surface area (Å²) in [6.07, 6.45) is 8.37. The second-order valence-electron chi connectivity index (χ2n) is 4.38. The molecular formula is C10H19NO. The van der Waals surface area contributed by atoms with E-state index in [2.05, 4.69) is 0 Å². The first-order chi connectivity index (χ1) is 5.85. The summed E-state index contributed by atoms with van der Waals surface area (Å²) in [5.74, 6) is 0. The lowest BCUT2D eigenvalue weighted by molar-refractivity contribution is 0.0971. The highest BCUT2D eigenvalue weighted by Crippen LogP contribution is 2.49. The minimum absolute atomic E-state index is 0.548. The highest BCUT2D eigenvalue weighted by molar-refractivity contribution is 4.94. The Bertz CT molecular complexity index is 148. The molecule has 2 fully saturated rings. The fourth-order valence-corrected chi connectivity index (χ4v) is 2.07. The van der Waals surface area contributed by atoms with Gasteiger partial charge in [0.1, 0.15) is 0 Å². The van der Waals surface area contributed by atoms with E-state index >= 15 is 0 Å². The summed E-state index contributed by atoms with van der Waals surface area (Å²) in [4.78, 5) is 0. The van der Waals surface area contributed by atoms with Gasteiger partial charge in [-0.3, -0.25) is 0 Å². The van der Waals surface area contributed by atoms with Crippen LogP contribution in [0.25, 0.3) is 0 Å². The normalized spacial score (nSPS) is 32.2. The van der Waals surface area contributed by atoms with Crippen molar-refractivity contribution in [2.24, 2.45) is 11.1 Å². The molecular weight excluding hydrogens is 150 g/mol. The predicted octanol–water partition coefficient (Wildman–Crippen LogP) is 1.68. The third kappa shape index (κ3) is 1.80. The van der Waals surface area contributed by atoms with Gasteiger partial charge in [0.25, 0.3) is 0 Å². The zero-order valence-electron chi connectivity index (χ0n) is 7.72. The molecule has 70 valence electrons. The Balaban J connectivity index is 1.67. The first-order valence-corrected chi connectivity index (χ1v) is 5.16. The van der Waals surface area contributed by atoms with E-state index < -0.39 is 0 Å². The third-order valence-corrected chi connectivity index (χ3v) is 3.41. The SMILES string of the molecule is NCC1(CCC2CCCO2)CC1. The van der Waals surface area contributed by atoms with E-state index in [-0.39, 0.29) is 0 Å². The molecule has 2 nitrogen and oxygen atoms in total. The average Bonchev–Trinajstić information content (AvgIpc) is 2.70. The number of rotatable bonds is 4. The lowest BCUT2D eigenvalue weighted by Gasteiger charge is -2.14. The van der Waals surface area contributed by atoms with Crippen molar-refractivity contribution in [3.8, 4) is 0 Å². The Morgan fingerprint density at radius 2 is 2.25 bits per heavy atom. The largest absolute Gasteiger partial charge is 0.378 e. The van der Waals surface area contributed by atoms with Crippen LogP contribution in [0, 0.1) is 5.41 Å². The summed E-state index contributed by atoms with van der Waals surface area (Å²) in [6.45, 7) is 1.88. The molecule has 1 saturated carbocycles. The molecule has 2 aliphatic rings. The van der Waals surface area contributed by atoms with E-state index in [1.54, 1.807) is 0 Å². The van der Waals surface area contributed by atoms with Crippen LogP contribution >= 0.6 is 0 Å². The van der Waals surface area contributed by atoms with Gasteiger partial charge in [0.05, 0.1) is 6.10 Å². The number of hydrogen-bond acceptors (Lipinski definition) is 2. The van der Waals surface area contributed by atoms with Crippen LogP contribution in [0.2, 0.25) is 0 Å². The molecule has 0 amide bonds. The van der Waals surface area contributed by atoms with Crippen LogP contribution in [0.3, 0.4) is 0 Å². The molecule has 2 heteroatoms. The van der Waals surface area contributed by atoms with Gasteiger partial charge < -0.3 is 10.5 Å². The molecule has 0 spiro atoms. The van der Waals surface area contributed by atoms with Gasteiger partial charge in [-0.25, -0.2) is 0 Å². The fraction of sp³-hybridized carbons (Fsp3) is 1.00. The van der Waals surface area contributed by atoms with Crippen LogP contribution in [0.1, 0.15) is 38.5 Å². The lowest BCUT2D eigenvalue weighted by atomic mass is 9.97. The summed E-state index contributed by atoms with van der Waals surface area (Å²) in [7, 11) is 0. The Morgan fingerprint density at radius 3 is 2.75 bits per heavy atom. The summed E-state index contributed by atoms with van der Waals surface area (Å²) in [6, 6.07) is 0. The van der Waals surface area contributed by atoms with Crippen molar-refractivity contribution in [2.45, 2.75) is 44.6 Å². The van der Waals surface area contributed by atoms with Crippen molar-refractivity contribution >= 4 is 0 Å². The molecule has 1 aliphatic heterocycles. The minimum atomic E-state index is 0.548. The van der Waals surface area contributed by atoms with Gasteiger partial charge in [0.15, 0.2) is 0 Å². The quantitative estimate of drug-likeness (QED) is 0.695. The van der Waals surface area contributed by atoms with E-state index in [0.29, 0.717) is 11.5 Å². The molecule has 0 aromatic rings. The number of ether oxygens (including phenoxy) is 1. The zero-order chi connectivity index (χ0) is 8.44. The highest BCUT2D eigenvalue weighted by Gasteiger charge is 2.41. The van der Waals surface area contributed by atoms with Crippen molar-refractivity contribution in [3.63, 3.8) is 0 Å². The fourth-order valence-electron chi connectivity index (χ4n) is 2.07. The van der Waals surface area contributed by atoms with Crippen molar-refractivity contribution in [1.29, 1.82) is 0 Å². The van der Waals surface area contributed by atoms with Crippen LogP contribution in [0.15, 0.2) is 0 Å². The topological polar surface area (TPSA) is 35.2 Å². The van der Waals surface area contributed by atoms with Gasteiger partial charge in [-0.2, -0.15) is 0 Å². The first kappa shape index (κ1) is 8.52. The Hall–Kier alpha value is -0.0800. The van der Waals surface area contributed by atoms with E-state index in [4.69, 9.17) is 10.5 Å². The molecule has 12 heavy (non-hydrogen) atoms. The smallest absolute Gasteiger partial charge is 0.0576 e. The van der Waals surface area contributed by atoms with Crippen molar-refractivity contribution in [3.05, 3.63) is 0 Å².